The van der Waals surface area contributed by atoms with Crippen LogP contribution in [-0.4, -0.2) is 23.7 Å². The second-order valence-corrected chi connectivity index (χ2v) is 3.91. The number of thioether (sulfide) groups is 1. The third kappa shape index (κ3) is 3.08. The average Bonchev–Trinajstić information content (AvgIpc) is 2.16. The fourth-order valence-electron chi connectivity index (χ4n) is 0.769. The van der Waals surface area contributed by atoms with Gasteiger partial charge in [-0.05, 0) is 6.07 Å². The lowest BCUT2D eigenvalue weighted by Gasteiger charge is -2.03. The summed E-state index contributed by atoms with van der Waals surface area (Å²) in [4.78, 5) is 14.9. The minimum Gasteiger partial charge on any atom is -0.396 e. The summed E-state index contributed by atoms with van der Waals surface area (Å²) >= 11 is 6.96. The van der Waals surface area contributed by atoms with E-state index in [-0.39, 0.29) is 5.91 Å². The molecule has 1 aromatic heterocycles. The molecule has 1 amide bonds. The fraction of sp³-hybridized carbons (Fsp3) is 0.250. The van der Waals surface area contributed by atoms with Crippen molar-refractivity contribution in [2.24, 2.45) is 0 Å². The summed E-state index contributed by atoms with van der Waals surface area (Å²) in [6, 6.07) is 1.61. The number of carbonyl (C=O) groups is 1. The highest BCUT2D eigenvalue weighted by Gasteiger charge is 2.05. The Bertz CT molecular complexity index is 345. The topological polar surface area (TPSA) is 68.0 Å². The Morgan fingerprint density at radius 1 is 1.79 bits per heavy atom. The van der Waals surface area contributed by atoms with Gasteiger partial charge < -0.3 is 11.1 Å². The van der Waals surface area contributed by atoms with E-state index in [1.165, 1.54) is 18.0 Å². The number of amides is 1. The molecule has 0 fully saturated rings. The molecule has 76 valence electrons. The molecule has 0 atom stereocenters. The Morgan fingerprint density at radius 2 is 2.50 bits per heavy atom. The first-order valence-corrected chi connectivity index (χ1v) is 5.24. The zero-order valence-corrected chi connectivity index (χ0v) is 9.15. The Labute approximate surface area is 91.2 Å². The molecule has 0 aliphatic rings. The SMILES string of the molecule is CNC(=O)CSc1ncc(Cl)cc1N. The molecule has 1 heterocycles. The van der Waals surface area contributed by atoms with Crippen LogP contribution in [0.1, 0.15) is 0 Å². The third-order valence-electron chi connectivity index (χ3n) is 1.46. The van der Waals surface area contributed by atoms with Crippen LogP contribution in [0.2, 0.25) is 5.02 Å². The number of hydrogen-bond donors (Lipinski definition) is 2. The van der Waals surface area contributed by atoms with Crippen LogP contribution < -0.4 is 11.1 Å². The second kappa shape index (κ2) is 5.07. The number of nitrogen functional groups attached to an aromatic ring is 1. The highest BCUT2D eigenvalue weighted by molar-refractivity contribution is 8.00. The van der Waals surface area contributed by atoms with Crippen molar-refractivity contribution < 1.29 is 4.79 Å². The van der Waals surface area contributed by atoms with Gasteiger partial charge in [-0.3, -0.25) is 4.79 Å². The zero-order chi connectivity index (χ0) is 10.6. The maximum absolute atomic E-state index is 10.9. The predicted octanol–water partition coefficient (Wildman–Crippen LogP) is 1.16. The van der Waals surface area contributed by atoms with E-state index in [1.54, 1.807) is 13.1 Å². The Balaban J connectivity index is 2.63. The highest BCUT2D eigenvalue weighted by Crippen LogP contribution is 2.24. The van der Waals surface area contributed by atoms with E-state index in [1.807, 2.05) is 0 Å². The largest absolute Gasteiger partial charge is 0.396 e. The van der Waals surface area contributed by atoms with Crippen LogP contribution in [0.4, 0.5) is 5.69 Å². The van der Waals surface area contributed by atoms with Crippen molar-refractivity contribution in [3.63, 3.8) is 0 Å². The molecule has 1 aromatic rings. The van der Waals surface area contributed by atoms with E-state index in [0.29, 0.717) is 21.5 Å². The molecule has 0 aromatic carbocycles. The van der Waals surface area contributed by atoms with Gasteiger partial charge in [-0.1, -0.05) is 23.4 Å². The number of anilines is 1. The minimum absolute atomic E-state index is 0.0637. The van der Waals surface area contributed by atoms with Crippen molar-refractivity contribution in [3.8, 4) is 0 Å². The number of nitrogens with two attached hydrogens (primary N) is 1. The van der Waals surface area contributed by atoms with Gasteiger partial charge in [-0.15, -0.1) is 0 Å². The van der Waals surface area contributed by atoms with Gasteiger partial charge in [-0.2, -0.15) is 0 Å². The number of rotatable bonds is 3. The van der Waals surface area contributed by atoms with Gasteiger partial charge in [0, 0.05) is 13.2 Å². The molecule has 0 unspecified atom stereocenters. The zero-order valence-electron chi connectivity index (χ0n) is 7.58. The molecule has 6 heteroatoms. The summed E-state index contributed by atoms with van der Waals surface area (Å²) in [7, 11) is 1.58. The van der Waals surface area contributed by atoms with Gasteiger partial charge in [0.2, 0.25) is 5.91 Å². The van der Waals surface area contributed by atoms with Crippen LogP contribution >= 0.6 is 23.4 Å². The van der Waals surface area contributed by atoms with E-state index in [4.69, 9.17) is 17.3 Å². The van der Waals surface area contributed by atoms with Crippen molar-refractivity contribution in [3.05, 3.63) is 17.3 Å². The van der Waals surface area contributed by atoms with Crippen LogP contribution in [0.3, 0.4) is 0 Å². The summed E-state index contributed by atoms with van der Waals surface area (Å²) in [5.41, 5.74) is 6.14. The quantitative estimate of drug-likeness (QED) is 0.766. The van der Waals surface area contributed by atoms with Gasteiger partial charge in [0.1, 0.15) is 5.03 Å². The number of hydrogen-bond acceptors (Lipinski definition) is 4. The van der Waals surface area contributed by atoms with Crippen LogP contribution in [-0.2, 0) is 4.79 Å². The number of nitrogens with one attached hydrogen (secondary N) is 1. The monoisotopic (exact) mass is 231 g/mol. The van der Waals surface area contributed by atoms with E-state index >= 15 is 0 Å². The van der Waals surface area contributed by atoms with Crippen molar-refractivity contribution in [1.29, 1.82) is 0 Å². The minimum atomic E-state index is -0.0637. The maximum Gasteiger partial charge on any atom is 0.230 e. The van der Waals surface area contributed by atoms with E-state index in [9.17, 15) is 4.79 Å². The summed E-state index contributed by atoms with van der Waals surface area (Å²) in [6.45, 7) is 0. The molecule has 0 aliphatic heterocycles. The van der Waals surface area contributed by atoms with Crippen molar-refractivity contribution in [2.45, 2.75) is 5.03 Å². The Kier molecular flexibility index (Phi) is 4.03. The lowest BCUT2D eigenvalue weighted by Crippen LogP contribution is -2.19. The molecule has 0 saturated heterocycles. The summed E-state index contributed by atoms with van der Waals surface area (Å²) in [6.07, 6.45) is 1.50. The Hall–Kier alpha value is -0.940. The number of nitrogens with zero attached hydrogens (tertiary/aromatic N) is 1. The number of halogens is 1. The summed E-state index contributed by atoms with van der Waals surface area (Å²) in [5.74, 6) is 0.237. The smallest absolute Gasteiger partial charge is 0.230 e. The van der Waals surface area contributed by atoms with Gasteiger partial charge in [0.15, 0.2) is 0 Å². The standard InChI is InChI=1S/C8H10ClN3OS/c1-11-7(13)4-14-8-6(10)2-5(9)3-12-8/h2-3H,4,10H2,1H3,(H,11,13). The van der Waals surface area contributed by atoms with Crippen molar-refractivity contribution in [1.82, 2.24) is 10.3 Å². The van der Waals surface area contributed by atoms with Gasteiger partial charge in [-0.25, -0.2) is 4.98 Å². The van der Waals surface area contributed by atoms with E-state index < -0.39 is 0 Å². The van der Waals surface area contributed by atoms with Crippen molar-refractivity contribution >= 4 is 35.0 Å². The lowest BCUT2D eigenvalue weighted by atomic mass is 10.4. The average molecular weight is 232 g/mol. The van der Waals surface area contributed by atoms with Crippen LogP contribution in [0.15, 0.2) is 17.3 Å². The Morgan fingerprint density at radius 3 is 3.07 bits per heavy atom. The molecule has 0 radical (unpaired) electrons. The van der Waals surface area contributed by atoms with E-state index in [0.717, 1.165) is 0 Å². The maximum atomic E-state index is 10.9. The molecule has 1 rings (SSSR count). The molecule has 0 bridgehead atoms. The molecule has 3 N–H and O–H groups in total. The number of pyridine rings is 1. The molecule has 0 aliphatic carbocycles. The first kappa shape index (κ1) is 11.1. The molecule has 0 spiro atoms. The van der Waals surface area contributed by atoms with E-state index in [2.05, 4.69) is 10.3 Å². The molecule has 0 saturated carbocycles. The molecular weight excluding hydrogens is 222 g/mol. The predicted molar refractivity (Wildman–Crippen MR) is 58.5 cm³/mol. The molecule has 14 heavy (non-hydrogen) atoms. The normalized spacial score (nSPS) is 9.86. The van der Waals surface area contributed by atoms with Crippen LogP contribution in [0.5, 0.6) is 0 Å². The van der Waals surface area contributed by atoms with Gasteiger partial charge in [0.05, 0.1) is 16.5 Å². The van der Waals surface area contributed by atoms with Crippen LogP contribution in [0, 0.1) is 0 Å². The lowest BCUT2D eigenvalue weighted by molar-refractivity contribution is -0.118. The summed E-state index contributed by atoms with van der Waals surface area (Å²) in [5, 5.41) is 3.63. The number of aromatic nitrogens is 1. The first-order valence-electron chi connectivity index (χ1n) is 3.88. The summed E-state index contributed by atoms with van der Waals surface area (Å²) < 4.78 is 0. The first-order chi connectivity index (χ1) is 6.63. The number of carbonyl (C=O) groups excluding carboxylic acids is 1. The molecular formula is C8H10ClN3OS. The van der Waals surface area contributed by atoms with Gasteiger partial charge in [0.25, 0.3) is 0 Å². The van der Waals surface area contributed by atoms with Crippen molar-refractivity contribution in [2.75, 3.05) is 18.5 Å². The van der Waals surface area contributed by atoms with Crippen LogP contribution in [0.25, 0.3) is 0 Å². The second-order valence-electron chi connectivity index (χ2n) is 2.51. The highest BCUT2D eigenvalue weighted by atomic mass is 35.5. The third-order valence-corrected chi connectivity index (χ3v) is 2.69. The van der Waals surface area contributed by atoms with Gasteiger partial charge >= 0.3 is 0 Å². The fourth-order valence-corrected chi connectivity index (χ4v) is 1.70. The molecule has 4 nitrogen and oxygen atoms in total.